The van der Waals surface area contributed by atoms with Crippen LogP contribution in [0.5, 0.6) is 0 Å². The van der Waals surface area contributed by atoms with Crippen molar-refractivity contribution in [3.63, 3.8) is 0 Å². The molecule has 5 nitrogen and oxygen atoms in total. The number of aromatic nitrogens is 4. The lowest BCUT2D eigenvalue weighted by Gasteiger charge is -1.98. The van der Waals surface area contributed by atoms with Gasteiger partial charge in [-0.1, -0.05) is 17.7 Å². The summed E-state index contributed by atoms with van der Waals surface area (Å²) >= 11 is 5.97. The largest absolute Gasteiger partial charge is 0.384 e. The molecular weight excluding hydrogens is 226 g/mol. The second-order valence-electron chi connectivity index (χ2n) is 3.47. The zero-order chi connectivity index (χ0) is 11.1. The summed E-state index contributed by atoms with van der Waals surface area (Å²) in [5, 5.41) is 14.8. The second kappa shape index (κ2) is 3.24. The highest BCUT2D eigenvalue weighted by Gasteiger charge is 2.08. The number of nitrogens with one attached hydrogen (secondary N) is 2. The van der Waals surface area contributed by atoms with Crippen LogP contribution in [0, 0.1) is 0 Å². The number of halogens is 1. The van der Waals surface area contributed by atoms with Gasteiger partial charge in [-0.2, -0.15) is 10.2 Å². The minimum Gasteiger partial charge on any atom is -0.384 e. The van der Waals surface area contributed by atoms with Crippen LogP contribution in [0.15, 0.2) is 24.4 Å². The third-order valence-electron chi connectivity index (χ3n) is 2.49. The monoisotopic (exact) mass is 233 g/mol. The van der Waals surface area contributed by atoms with E-state index in [1.54, 1.807) is 6.20 Å². The summed E-state index contributed by atoms with van der Waals surface area (Å²) in [4.78, 5) is 0. The topological polar surface area (TPSA) is 83.4 Å². The number of H-pyrrole nitrogens is 2. The highest BCUT2D eigenvalue weighted by molar-refractivity contribution is 6.34. The molecule has 2 heterocycles. The van der Waals surface area contributed by atoms with E-state index in [4.69, 9.17) is 17.3 Å². The highest BCUT2D eigenvalue weighted by Crippen LogP contribution is 2.29. The van der Waals surface area contributed by atoms with Crippen molar-refractivity contribution < 1.29 is 0 Å². The van der Waals surface area contributed by atoms with Gasteiger partial charge in [0.05, 0.1) is 11.7 Å². The maximum Gasteiger partial charge on any atom is 0.132 e. The number of nitrogen functional groups attached to an aromatic ring is 1. The summed E-state index contributed by atoms with van der Waals surface area (Å²) in [6.07, 6.45) is 1.69. The zero-order valence-corrected chi connectivity index (χ0v) is 8.92. The van der Waals surface area contributed by atoms with E-state index in [1.165, 1.54) is 0 Å². The summed E-state index contributed by atoms with van der Waals surface area (Å²) in [5.74, 6) is 0.541. The Bertz CT molecular complexity index is 654. The Morgan fingerprint density at radius 2 is 2.12 bits per heavy atom. The summed E-state index contributed by atoms with van der Waals surface area (Å²) in [5.41, 5.74) is 8.41. The lowest BCUT2D eigenvalue weighted by atomic mass is 10.1. The second-order valence-corrected chi connectivity index (χ2v) is 3.84. The molecule has 2 aromatic heterocycles. The molecule has 3 aromatic rings. The fourth-order valence-electron chi connectivity index (χ4n) is 1.67. The molecule has 0 atom stereocenters. The van der Waals surface area contributed by atoms with Crippen LogP contribution in [0.2, 0.25) is 5.15 Å². The average molecular weight is 234 g/mol. The van der Waals surface area contributed by atoms with Crippen molar-refractivity contribution in [1.82, 2.24) is 20.4 Å². The van der Waals surface area contributed by atoms with Gasteiger partial charge in [-0.05, 0) is 17.7 Å². The smallest absolute Gasteiger partial charge is 0.132 e. The molecule has 0 fully saturated rings. The highest BCUT2D eigenvalue weighted by atomic mass is 35.5. The number of hydrogen-bond acceptors (Lipinski definition) is 3. The summed E-state index contributed by atoms with van der Waals surface area (Å²) in [6.45, 7) is 0. The number of nitrogens with zero attached hydrogens (tertiary/aromatic N) is 2. The first-order valence-corrected chi connectivity index (χ1v) is 5.06. The van der Waals surface area contributed by atoms with Gasteiger partial charge in [0.1, 0.15) is 11.0 Å². The Morgan fingerprint density at radius 3 is 2.88 bits per heavy atom. The minimum absolute atomic E-state index is 0.527. The molecule has 6 heteroatoms. The Kier molecular flexibility index (Phi) is 1.87. The molecule has 0 aliphatic carbocycles. The molecule has 16 heavy (non-hydrogen) atoms. The SMILES string of the molecule is Nc1[nH]ncc1-c1ccc2n[nH]c(Cl)c2c1. The maximum atomic E-state index is 5.97. The number of hydrogen-bond donors (Lipinski definition) is 3. The number of anilines is 1. The molecule has 80 valence electrons. The quantitative estimate of drug-likeness (QED) is 0.602. The van der Waals surface area contributed by atoms with Gasteiger partial charge >= 0.3 is 0 Å². The van der Waals surface area contributed by atoms with Gasteiger partial charge in [0.15, 0.2) is 0 Å². The Hall–Kier alpha value is -2.01. The van der Waals surface area contributed by atoms with Crippen molar-refractivity contribution in [2.24, 2.45) is 0 Å². The van der Waals surface area contributed by atoms with E-state index in [-0.39, 0.29) is 0 Å². The predicted molar refractivity (Wildman–Crippen MR) is 63.1 cm³/mol. The molecular formula is C10H8ClN5. The van der Waals surface area contributed by atoms with Crippen molar-refractivity contribution >= 4 is 28.3 Å². The van der Waals surface area contributed by atoms with Gasteiger partial charge in [-0.25, -0.2) is 0 Å². The number of rotatable bonds is 1. The van der Waals surface area contributed by atoms with E-state index >= 15 is 0 Å². The Morgan fingerprint density at radius 1 is 1.25 bits per heavy atom. The Balaban J connectivity index is 2.25. The molecule has 3 rings (SSSR count). The van der Waals surface area contributed by atoms with E-state index in [9.17, 15) is 0 Å². The zero-order valence-electron chi connectivity index (χ0n) is 8.16. The van der Waals surface area contributed by atoms with E-state index in [0.29, 0.717) is 11.0 Å². The van der Waals surface area contributed by atoms with Crippen molar-refractivity contribution in [3.8, 4) is 11.1 Å². The third kappa shape index (κ3) is 1.25. The van der Waals surface area contributed by atoms with Crippen LogP contribution < -0.4 is 5.73 Å². The molecule has 0 bridgehead atoms. The summed E-state index contributed by atoms with van der Waals surface area (Å²) in [7, 11) is 0. The van der Waals surface area contributed by atoms with Gasteiger partial charge in [-0.3, -0.25) is 10.2 Å². The van der Waals surface area contributed by atoms with Gasteiger partial charge in [0.2, 0.25) is 0 Å². The predicted octanol–water partition coefficient (Wildman–Crippen LogP) is 2.19. The van der Waals surface area contributed by atoms with Crippen LogP contribution in [-0.2, 0) is 0 Å². The van der Waals surface area contributed by atoms with Gasteiger partial charge in [0.25, 0.3) is 0 Å². The molecule has 0 spiro atoms. The normalized spacial score (nSPS) is 11.1. The molecule has 0 aliphatic heterocycles. The molecule has 0 unspecified atom stereocenters. The van der Waals surface area contributed by atoms with E-state index in [2.05, 4.69) is 20.4 Å². The number of nitrogens with two attached hydrogens (primary N) is 1. The van der Waals surface area contributed by atoms with Crippen LogP contribution in [0.25, 0.3) is 22.0 Å². The van der Waals surface area contributed by atoms with E-state index in [0.717, 1.165) is 22.0 Å². The van der Waals surface area contributed by atoms with Crippen LogP contribution >= 0.6 is 11.6 Å². The average Bonchev–Trinajstić information content (AvgIpc) is 2.86. The summed E-state index contributed by atoms with van der Waals surface area (Å²) in [6, 6.07) is 5.75. The molecule has 0 amide bonds. The minimum atomic E-state index is 0.527. The first-order valence-electron chi connectivity index (χ1n) is 4.68. The molecule has 0 radical (unpaired) electrons. The number of benzene rings is 1. The van der Waals surface area contributed by atoms with Crippen LogP contribution in [-0.4, -0.2) is 20.4 Å². The van der Waals surface area contributed by atoms with Gasteiger partial charge in [-0.15, -0.1) is 0 Å². The molecule has 0 saturated carbocycles. The van der Waals surface area contributed by atoms with Gasteiger partial charge < -0.3 is 5.73 Å². The van der Waals surface area contributed by atoms with E-state index in [1.807, 2.05) is 18.2 Å². The maximum absolute atomic E-state index is 5.97. The van der Waals surface area contributed by atoms with Crippen LogP contribution in [0.1, 0.15) is 0 Å². The van der Waals surface area contributed by atoms with Crippen molar-refractivity contribution in [3.05, 3.63) is 29.5 Å². The number of aromatic amines is 2. The fourth-order valence-corrected chi connectivity index (χ4v) is 1.87. The van der Waals surface area contributed by atoms with E-state index < -0.39 is 0 Å². The lowest BCUT2D eigenvalue weighted by molar-refractivity contribution is 1.10. The fraction of sp³-hybridized carbons (Fsp3) is 0. The first kappa shape index (κ1) is 9.23. The first-order chi connectivity index (χ1) is 7.75. The van der Waals surface area contributed by atoms with Crippen molar-refractivity contribution in [2.45, 2.75) is 0 Å². The molecule has 1 aromatic carbocycles. The molecule has 4 N–H and O–H groups in total. The number of fused-ring (bicyclic) bond motifs is 1. The van der Waals surface area contributed by atoms with Crippen LogP contribution in [0.3, 0.4) is 0 Å². The third-order valence-corrected chi connectivity index (χ3v) is 2.78. The van der Waals surface area contributed by atoms with Crippen molar-refractivity contribution in [2.75, 3.05) is 5.73 Å². The molecule has 0 saturated heterocycles. The van der Waals surface area contributed by atoms with Crippen molar-refractivity contribution in [1.29, 1.82) is 0 Å². The molecule has 0 aliphatic rings. The Labute approximate surface area is 95.6 Å². The lowest BCUT2D eigenvalue weighted by Crippen LogP contribution is -1.87. The van der Waals surface area contributed by atoms with Gasteiger partial charge in [0, 0.05) is 10.9 Å². The summed E-state index contributed by atoms with van der Waals surface area (Å²) < 4.78 is 0. The van der Waals surface area contributed by atoms with Crippen LogP contribution in [0.4, 0.5) is 5.82 Å². The standard InChI is InChI=1S/C10H8ClN5/c11-9-6-3-5(1-2-8(6)14-15-9)7-4-13-16-10(7)12/h1-4H,(H,14,15)(H3,12,13,16).